The van der Waals surface area contributed by atoms with Gasteiger partial charge in [0.15, 0.2) is 0 Å². The summed E-state index contributed by atoms with van der Waals surface area (Å²) in [5, 5.41) is 0. The molecular weight excluding hydrogens is 328 g/mol. The Hall–Kier alpha value is -1.52. The van der Waals surface area contributed by atoms with Crippen molar-refractivity contribution in [3.63, 3.8) is 0 Å². The van der Waals surface area contributed by atoms with Gasteiger partial charge in [-0.3, -0.25) is 0 Å². The second-order valence-corrected chi connectivity index (χ2v) is 6.17. The average molecular weight is 349 g/mol. The van der Waals surface area contributed by atoms with Crippen LogP contribution >= 0.6 is 15.9 Å². The zero-order chi connectivity index (χ0) is 15.4. The van der Waals surface area contributed by atoms with Crippen molar-refractivity contribution >= 4 is 21.6 Å². The van der Waals surface area contributed by atoms with Gasteiger partial charge in [-0.15, -0.1) is 0 Å². The number of benzene rings is 2. The number of ether oxygens (including phenoxy) is 1. The monoisotopic (exact) mass is 348 g/mol. The maximum Gasteiger partial charge on any atom is 0.122 e. The zero-order valence-corrected chi connectivity index (χ0v) is 14.2. The van der Waals surface area contributed by atoms with Crippen LogP contribution in [-0.4, -0.2) is 21.2 Å². The fourth-order valence-corrected chi connectivity index (χ4v) is 2.70. The third-order valence-corrected chi connectivity index (χ3v) is 3.99. The summed E-state index contributed by atoms with van der Waals surface area (Å²) >= 11 is 3.50. The van der Waals surface area contributed by atoms with E-state index in [9.17, 15) is 0 Å². The second kappa shape index (κ2) is 6.96. The lowest BCUT2D eigenvalue weighted by molar-refractivity contribution is 0.408. The van der Waals surface area contributed by atoms with Gasteiger partial charge in [-0.05, 0) is 47.9 Å². The lowest BCUT2D eigenvalue weighted by Crippen LogP contribution is -2.15. The highest BCUT2D eigenvalue weighted by atomic mass is 79.9. The minimum absolute atomic E-state index is 0.0619. The van der Waals surface area contributed by atoms with Crippen molar-refractivity contribution in [2.75, 3.05) is 26.1 Å². The lowest BCUT2D eigenvalue weighted by atomic mass is 9.98. The first kappa shape index (κ1) is 15.9. The van der Waals surface area contributed by atoms with Gasteiger partial charge < -0.3 is 15.4 Å². The van der Waals surface area contributed by atoms with E-state index in [4.69, 9.17) is 10.5 Å². The standard InChI is InChI=1S/C17H21BrN2O/c1-20(2)15-6-4-5-12(10-15)16(19)11-13-9-14(18)7-8-17(13)21-3/h4-10,16H,11,19H2,1-3H3. The van der Waals surface area contributed by atoms with E-state index in [0.717, 1.165) is 33.5 Å². The van der Waals surface area contributed by atoms with E-state index in [1.165, 1.54) is 0 Å². The number of anilines is 1. The predicted molar refractivity (Wildman–Crippen MR) is 92.1 cm³/mol. The molecule has 0 aliphatic rings. The molecular formula is C17H21BrN2O. The smallest absolute Gasteiger partial charge is 0.122 e. The van der Waals surface area contributed by atoms with Crippen LogP contribution in [0.3, 0.4) is 0 Å². The molecule has 0 fully saturated rings. The Balaban J connectivity index is 2.23. The average Bonchev–Trinajstić information content (AvgIpc) is 2.47. The van der Waals surface area contributed by atoms with E-state index < -0.39 is 0 Å². The molecule has 112 valence electrons. The quantitative estimate of drug-likeness (QED) is 0.893. The van der Waals surface area contributed by atoms with Gasteiger partial charge in [0.2, 0.25) is 0 Å². The predicted octanol–water partition coefficient (Wildman–Crippen LogP) is 3.77. The van der Waals surface area contributed by atoms with Gasteiger partial charge in [-0.25, -0.2) is 0 Å². The van der Waals surface area contributed by atoms with Crippen LogP contribution in [0.15, 0.2) is 46.9 Å². The summed E-state index contributed by atoms with van der Waals surface area (Å²) < 4.78 is 6.45. The highest BCUT2D eigenvalue weighted by Crippen LogP contribution is 2.28. The summed E-state index contributed by atoms with van der Waals surface area (Å²) in [6.07, 6.45) is 0.736. The molecule has 3 nitrogen and oxygen atoms in total. The fourth-order valence-electron chi connectivity index (χ4n) is 2.30. The highest BCUT2D eigenvalue weighted by Gasteiger charge is 2.12. The summed E-state index contributed by atoms with van der Waals surface area (Å²) in [5.41, 5.74) is 9.77. The number of rotatable bonds is 5. The summed E-state index contributed by atoms with van der Waals surface area (Å²) in [5.74, 6) is 0.873. The number of nitrogens with zero attached hydrogens (tertiary/aromatic N) is 1. The van der Waals surface area contributed by atoms with Crippen molar-refractivity contribution in [3.05, 3.63) is 58.1 Å². The minimum Gasteiger partial charge on any atom is -0.496 e. The van der Waals surface area contributed by atoms with Crippen LogP contribution in [0, 0.1) is 0 Å². The molecule has 2 aromatic rings. The molecule has 0 saturated heterocycles. The number of methoxy groups -OCH3 is 1. The van der Waals surface area contributed by atoms with E-state index in [1.807, 2.05) is 32.3 Å². The summed E-state index contributed by atoms with van der Waals surface area (Å²) in [6, 6.07) is 14.3. The van der Waals surface area contributed by atoms with Gasteiger partial charge in [-0.2, -0.15) is 0 Å². The summed E-state index contributed by atoms with van der Waals surface area (Å²) in [4.78, 5) is 2.08. The molecule has 0 heterocycles. The Bertz CT molecular complexity index is 613. The Morgan fingerprint density at radius 3 is 2.62 bits per heavy atom. The fraction of sp³-hybridized carbons (Fsp3) is 0.294. The molecule has 0 aromatic heterocycles. The maximum absolute atomic E-state index is 6.38. The van der Waals surface area contributed by atoms with E-state index in [-0.39, 0.29) is 6.04 Å². The second-order valence-electron chi connectivity index (χ2n) is 5.26. The van der Waals surface area contributed by atoms with Crippen LogP contribution in [0.5, 0.6) is 5.75 Å². The number of hydrogen-bond donors (Lipinski definition) is 1. The van der Waals surface area contributed by atoms with Crippen molar-refractivity contribution in [3.8, 4) is 5.75 Å². The number of hydrogen-bond acceptors (Lipinski definition) is 3. The first-order valence-corrected chi connectivity index (χ1v) is 7.66. The highest BCUT2D eigenvalue weighted by molar-refractivity contribution is 9.10. The summed E-state index contributed by atoms with van der Waals surface area (Å²) in [7, 11) is 5.74. The van der Waals surface area contributed by atoms with Crippen molar-refractivity contribution in [2.24, 2.45) is 5.73 Å². The van der Waals surface area contributed by atoms with Gasteiger partial charge >= 0.3 is 0 Å². The zero-order valence-electron chi connectivity index (χ0n) is 12.6. The molecule has 0 saturated carbocycles. The normalized spacial score (nSPS) is 12.0. The molecule has 0 bridgehead atoms. The first-order valence-electron chi connectivity index (χ1n) is 6.86. The number of nitrogens with two attached hydrogens (primary N) is 1. The Kier molecular flexibility index (Phi) is 5.26. The topological polar surface area (TPSA) is 38.5 Å². The molecule has 21 heavy (non-hydrogen) atoms. The maximum atomic E-state index is 6.38. The van der Waals surface area contributed by atoms with Gasteiger partial charge in [0.05, 0.1) is 7.11 Å². The molecule has 2 N–H and O–H groups in total. The van der Waals surface area contributed by atoms with Crippen LogP contribution in [-0.2, 0) is 6.42 Å². The van der Waals surface area contributed by atoms with Crippen LogP contribution in [0.25, 0.3) is 0 Å². The molecule has 4 heteroatoms. The van der Waals surface area contributed by atoms with E-state index >= 15 is 0 Å². The molecule has 1 atom stereocenters. The van der Waals surface area contributed by atoms with Crippen LogP contribution in [0.1, 0.15) is 17.2 Å². The number of halogens is 1. The van der Waals surface area contributed by atoms with Crippen molar-refractivity contribution in [1.29, 1.82) is 0 Å². The van der Waals surface area contributed by atoms with Crippen molar-refractivity contribution in [2.45, 2.75) is 12.5 Å². The molecule has 2 rings (SSSR count). The third-order valence-electron chi connectivity index (χ3n) is 3.50. The van der Waals surface area contributed by atoms with Crippen LogP contribution in [0.4, 0.5) is 5.69 Å². The largest absolute Gasteiger partial charge is 0.496 e. The van der Waals surface area contributed by atoms with Gasteiger partial charge in [0.25, 0.3) is 0 Å². The molecule has 2 aromatic carbocycles. The lowest BCUT2D eigenvalue weighted by Gasteiger charge is -2.18. The third kappa shape index (κ3) is 3.99. The Labute approximate surface area is 134 Å². The Morgan fingerprint density at radius 1 is 1.19 bits per heavy atom. The molecule has 0 amide bonds. The first-order chi connectivity index (χ1) is 10.0. The minimum atomic E-state index is -0.0619. The van der Waals surface area contributed by atoms with Gasteiger partial charge in [0, 0.05) is 30.3 Å². The van der Waals surface area contributed by atoms with Crippen molar-refractivity contribution in [1.82, 2.24) is 0 Å². The molecule has 1 unspecified atom stereocenters. The molecule has 0 aliphatic heterocycles. The molecule has 0 radical (unpaired) electrons. The van der Waals surface area contributed by atoms with Crippen LogP contribution in [0.2, 0.25) is 0 Å². The molecule has 0 aliphatic carbocycles. The van der Waals surface area contributed by atoms with E-state index in [1.54, 1.807) is 7.11 Å². The van der Waals surface area contributed by atoms with Gasteiger partial charge in [0.1, 0.15) is 5.75 Å². The Morgan fingerprint density at radius 2 is 1.95 bits per heavy atom. The molecule has 0 spiro atoms. The van der Waals surface area contributed by atoms with Crippen LogP contribution < -0.4 is 15.4 Å². The van der Waals surface area contributed by atoms with Crippen molar-refractivity contribution < 1.29 is 4.74 Å². The van der Waals surface area contributed by atoms with E-state index in [2.05, 4.69) is 45.1 Å². The van der Waals surface area contributed by atoms with E-state index in [0.29, 0.717) is 0 Å². The van der Waals surface area contributed by atoms with Gasteiger partial charge in [-0.1, -0.05) is 28.1 Å². The summed E-state index contributed by atoms with van der Waals surface area (Å²) in [6.45, 7) is 0. The SMILES string of the molecule is COc1ccc(Br)cc1CC(N)c1cccc(N(C)C)c1.